The Morgan fingerprint density at radius 2 is 1.62 bits per heavy atom. The van der Waals surface area contributed by atoms with E-state index in [-0.39, 0.29) is 27.4 Å². The van der Waals surface area contributed by atoms with Crippen LogP contribution in [0.3, 0.4) is 0 Å². The Labute approximate surface area is 127 Å². The minimum absolute atomic E-state index is 0.153. The van der Waals surface area contributed by atoms with Crippen molar-refractivity contribution in [3.05, 3.63) is 40.1 Å². The highest BCUT2D eigenvalue weighted by atomic mass is 35.5. The molecule has 5 nitrogen and oxygen atoms in total. The fraction of sp³-hybridized carbons (Fsp3) is 0.0909. The van der Waals surface area contributed by atoms with Crippen molar-refractivity contribution in [1.82, 2.24) is 9.97 Å². The van der Waals surface area contributed by atoms with E-state index in [1.165, 1.54) is 18.2 Å². The molecule has 21 heavy (non-hydrogen) atoms. The van der Waals surface area contributed by atoms with Crippen LogP contribution in [-0.4, -0.2) is 9.97 Å². The van der Waals surface area contributed by atoms with Crippen molar-refractivity contribution in [2.24, 2.45) is 5.84 Å². The summed E-state index contributed by atoms with van der Waals surface area (Å²) in [6.07, 6.45) is -4.71. The van der Waals surface area contributed by atoms with Crippen molar-refractivity contribution in [2.75, 3.05) is 10.7 Å². The van der Waals surface area contributed by atoms with Gasteiger partial charge in [0.25, 0.3) is 0 Å². The highest BCUT2D eigenvalue weighted by Crippen LogP contribution is 2.34. The number of alkyl halides is 3. The third-order valence-corrected chi connectivity index (χ3v) is 2.97. The molecule has 0 radical (unpaired) electrons. The van der Waals surface area contributed by atoms with E-state index in [9.17, 15) is 13.2 Å². The van der Waals surface area contributed by atoms with Gasteiger partial charge in [-0.2, -0.15) is 13.2 Å². The van der Waals surface area contributed by atoms with Crippen LogP contribution >= 0.6 is 23.2 Å². The molecule has 0 unspecified atom stereocenters. The molecule has 10 heteroatoms. The molecule has 0 aliphatic rings. The predicted molar refractivity (Wildman–Crippen MR) is 74.6 cm³/mol. The largest absolute Gasteiger partial charge is 0.451 e. The van der Waals surface area contributed by atoms with Crippen molar-refractivity contribution >= 4 is 40.5 Å². The first-order chi connectivity index (χ1) is 9.81. The average molecular weight is 338 g/mol. The predicted octanol–water partition coefficient (Wildman–Crippen LogP) is 3.83. The van der Waals surface area contributed by atoms with E-state index in [0.717, 1.165) is 0 Å². The molecule has 1 aromatic heterocycles. The second-order valence-electron chi connectivity index (χ2n) is 3.83. The number of nitrogen functional groups attached to an aromatic ring is 1. The number of hydrazine groups is 1. The Bertz CT molecular complexity index is 643. The summed E-state index contributed by atoms with van der Waals surface area (Å²) in [4.78, 5) is 6.60. The summed E-state index contributed by atoms with van der Waals surface area (Å²) in [5.41, 5.74) is 2.27. The number of hydrogen-bond acceptors (Lipinski definition) is 5. The first kappa shape index (κ1) is 15.6. The highest BCUT2D eigenvalue weighted by Gasteiger charge is 2.35. The van der Waals surface area contributed by atoms with E-state index in [1.54, 1.807) is 6.07 Å². The summed E-state index contributed by atoms with van der Waals surface area (Å²) in [5.74, 6) is 3.39. The lowest BCUT2D eigenvalue weighted by Gasteiger charge is -2.13. The summed E-state index contributed by atoms with van der Waals surface area (Å²) in [7, 11) is 0. The molecule has 0 aliphatic heterocycles. The van der Waals surface area contributed by atoms with Gasteiger partial charge in [-0.05, 0) is 12.1 Å². The van der Waals surface area contributed by atoms with Crippen LogP contribution < -0.4 is 16.6 Å². The maximum Gasteiger partial charge on any atom is 0.451 e. The monoisotopic (exact) mass is 337 g/mol. The molecular formula is C11H8Cl2F3N5. The van der Waals surface area contributed by atoms with E-state index in [4.69, 9.17) is 29.0 Å². The van der Waals surface area contributed by atoms with E-state index >= 15 is 0 Å². The number of nitrogens with zero attached hydrogens (tertiary/aromatic N) is 2. The molecule has 0 fully saturated rings. The summed E-state index contributed by atoms with van der Waals surface area (Å²) in [5, 5.41) is 3.08. The maximum atomic E-state index is 12.7. The van der Waals surface area contributed by atoms with Crippen LogP contribution in [-0.2, 0) is 6.18 Å². The number of para-hydroxylation sites is 1. The smallest absolute Gasteiger partial charge is 0.338 e. The van der Waals surface area contributed by atoms with E-state index in [0.29, 0.717) is 0 Å². The normalized spacial score (nSPS) is 11.3. The van der Waals surface area contributed by atoms with Crippen LogP contribution in [0.25, 0.3) is 0 Å². The Morgan fingerprint density at radius 1 is 1.05 bits per heavy atom. The van der Waals surface area contributed by atoms with Gasteiger partial charge in [-0.15, -0.1) is 0 Å². The van der Waals surface area contributed by atoms with Gasteiger partial charge in [-0.1, -0.05) is 29.3 Å². The molecule has 112 valence electrons. The lowest BCUT2D eigenvalue weighted by molar-refractivity contribution is -0.144. The van der Waals surface area contributed by atoms with Gasteiger partial charge in [-0.25, -0.2) is 15.8 Å². The SMILES string of the molecule is NNc1cc(Nc2c(Cl)cccc2Cl)nc(C(F)(F)F)n1. The van der Waals surface area contributed by atoms with Gasteiger partial charge in [0, 0.05) is 6.07 Å². The topological polar surface area (TPSA) is 75.9 Å². The third-order valence-electron chi connectivity index (χ3n) is 2.34. The number of hydrogen-bond donors (Lipinski definition) is 3. The van der Waals surface area contributed by atoms with Gasteiger partial charge < -0.3 is 10.7 Å². The van der Waals surface area contributed by atoms with Gasteiger partial charge >= 0.3 is 6.18 Å². The van der Waals surface area contributed by atoms with Gasteiger partial charge in [0.15, 0.2) is 0 Å². The van der Waals surface area contributed by atoms with Crippen molar-refractivity contribution in [3.8, 4) is 0 Å². The third kappa shape index (κ3) is 3.66. The maximum absolute atomic E-state index is 12.7. The Kier molecular flexibility index (Phi) is 4.40. The number of aromatic nitrogens is 2. The van der Waals surface area contributed by atoms with Crippen LogP contribution in [0.2, 0.25) is 10.0 Å². The molecule has 1 aromatic carbocycles. The van der Waals surface area contributed by atoms with Crippen LogP contribution in [0.5, 0.6) is 0 Å². The summed E-state index contributed by atoms with van der Waals surface area (Å²) in [6, 6.07) is 5.85. The zero-order chi connectivity index (χ0) is 15.6. The Balaban J connectivity index is 2.45. The van der Waals surface area contributed by atoms with Crippen molar-refractivity contribution in [1.29, 1.82) is 0 Å². The van der Waals surface area contributed by atoms with Gasteiger partial charge in [0.05, 0.1) is 15.7 Å². The highest BCUT2D eigenvalue weighted by molar-refractivity contribution is 6.39. The number of rotatable bonds is 3. The van der Waals surface area contributed by atoms with Crippen LogP contribution in [0.4, 0.5) is 30.5 Å². The molecule has 2 aromatic rings. The zero-order valence-corrected chi connectivity index (χ0v) is 11.7. The Morgan fingerprint density at radius 3 is 2.14 bits per heavy atom. The zero-order valence-electron chi connectivity index (χ0n) is 10.2. The molecule has 4 N–H and O–H groups in total. The molecule has 2 rings (SSSR count). The van der Waals surface area contributed by atoms with Gasteiger partial charge in [0.1, 0.15) is 11.6 Å². The minimum Gasteiger partial charge on any atom is -0.338 e. The number of nitrogens with one attached hydrogen (secondary N) is 2. The second kappa shape index (κ2) is 5.92. The van der Waals surface area contributed by atoms with E-state index in [2.05, 4.69) is 15.3 Å². The number of halogens is 5. The average Bonchev–Trinajstić information content (AvgIpc) is 2.42. The Hall–Kier alpha value is -1.77. The number of anilines is 3. The molecule has 0 saturated carbocycles. The molecule has 0 bridgehead atoms. The standard InChI is InChI=1S/C11H8Cl2F3N5/c12-5-2-1-3-6(13)9(5)18-7-4-8(21-17)20-10(19-7)11(14,15)16/h1-4H,17H2,(H2,18,19,20,21). The lowest BCUT2D eigenvalue weighted by atomic mass is 10.3. The van der Waals surface area contributed by atoms with Crippen molar-refractivity contribution < 1.29 is 13.2 Å². The molecular weight excluding hydrogens is 330 g/mol. The first-order valence-corrected chi connectivity index (χ1v) is 6.21. The lowest BCUT2D eigenvalue weighted by Crippen LogP contribution is -2.16. The van der Waals surface area contributed by atoms with Gasteiger partial charge in [-0.3, -0.25) is 0 Å². The first-order valence-electron chi connectivity index (χ1n) is 5.45. The summed E-state index contributed by atoms with van der Waals surface area (Å²) < 4.78 is 38.1. The van der Waals surface area contributed by atoms with Crippen LogP contribution in [0.15, 0.2) is 24.3 Å². The molecule has 1 heterocycles. The minimum atomic E-state index is -4.71. The van der Waals surface area contributed by atoms with E-state index in [1.807, 2.05) is 5.43 Å². The van der Waals surface area contributed by atoms with Crippen LogP contribution in [0, 0.1) is 0 Å². The molecule has 0 saturated heterocycles. The van der Waals surface area contributed by atoms with Crippen LogP contribution in [0.1, 0.15) is 5.82 Å². The summed E-state index contributed by atoms with van der Waals surface area (Å²) in [6.45, 7) is 0. The van der Waals surface area contributed by atoms with Gasteiger partial charge in [0.2, 0.25) is 5.82 Å². The molecule has 0 spiro atoms. The molecule has 0 aliphatic carbocycles. The van der Waals surface area contributed by atoms with Crippen molar-refractivity contribution in [3.63, 3.8) is 0 Å². The number of benzene rings is 1. The van der Waals surface area contributed by atoms with Crippen molar-refractivity contribution in [2.45, 2.75) is 6.18 Å². The molecule has 0 atom stereocenters. The van der Waals surface area contributed by atoms with E-state index < -0.39 is 12.0 Å². The number of nitrogens with two attached hydrogens (primary N) is 1. The quantitative estimate of drug-likeness (QED) is 0.586. The molecule has 0 amide bonds. The fourth-order valence-electron chi connectivity index (χ4n) is 1.46. The second-order valence-corrected chi connectivity index (χ2v) is 4.64. The fourth-order valence-corrected chi connectivity index (χ4v) is 1.95. The summed E-state index contributed by atoms with van der Waals surface area (Å²) >= 11 is 11.9.